The molecule has 156 valence electrons. The summed E-state index contributed by atoms with van der Waals surface area (Å²) in [4.78, 5) is 33.1. The number of aromatic nitrogens is 2. The van der Waals surface area contributed by atoms with E-state index in [9.17, 15) is 9.59 Å². The van der Waals surface area contributed by atoms with E-state index >= 15 is 0 Å². The minimum atomic E-state index is -0.367. The van der Waals surface area contributed by atoms with Gasteiger partial charge in [0.15, 0.2) is 0 Å². The highest BCUT2D eigenvalue weighted by molar-refractivity contribution is 5.92. The molecule has 0 aliphatic carbocycles. The first kappa shape index (κ1) is 19.8. The van der Waals surface area contributed by atoms with E-state index in [1.807, 2.05) is 25.2 Å². The maximum absolute atomic E-state index is 12.6. The summed E-state index contributed by atoms with van der Waals surface area (Å²) >= 11 is 0. The molecular formula is C22H25N5O3. The third-order valence-electron chi connectivity index (χ3n) is 5.26. The van der Waals surface area contributed by atoms with Gasteiger partial charge in [0.1, 0.15) is 0 Å². The SMILES string of the molecule is CCOC(=O)c1ccc(NC(=O)N2CCN(c3nc4ccccc4n3C)CC2)cc1. The van der Waals surface area contributed by atoms with Crippen LogP contribution < -0.4 is 10.2 Å². The summed E-state index contributed by atoms with van der Waals surface area (Å²) in [5, 5.41) is 2.89. The van der Waals surface area contributed by atoms with Gasteiger partial charge in [0.2, 0.25) is 5.95 Å². The van der Waals surface area contributed by atoms with Gasteiger partial charge < -0.3 is 24.4 Å². The lowest BCUT2D eigenvalue weighted by Gasteiger charge is -2.35. The molecule has 1 aromatic heterocycles. The van der Waals surface area contributed by atoms with Crippen molar-refractivity contribution in [2.24, 2.45) is 7.05 Å². The number of hydrogen-bond acceptors (Lipinski definition) is 5. The summed E-state index contributed by atoms with van der Waals surface area (Å²) in [5.74, 6) is 0.555. The summed E-state index contributed by atoms with van der Waals surface area (Å²) in [6.45, 7) is 4.74. The fourth-order valence-electron chi connectivity index (χ4n) is 3.63. The molecule has 2 aromatic carbocycles. The molecule has 1 fully saturated rings. The summed E-state index contributed by atoms with van der Waals surface area (Å²) in [6.07, 6.45) is 0. The van der Waals surface area contributed by atoms with Crippen LogP contribution in [-0.4, -0.2) is 59.2 Å². The van der Waals surface area contributed by atoms with E-state index in [-0.39, 0.29) is 12.0 Å². The van der Waals surface area contributed by atoms with E-state index in [4.69, 9.17) is 9.72 Å². The Morgan fingerprint density at radius 2 is 1.73 bits per heavy atom. The Morgan fingerprint density at radius 1 is 1.03 bits per heavy atom. The molecule has 2 heterocycles. The first-order chi connectivity index (χ1) is 14.6. The number of benzene rings is 2. The van der Waals surface area contributed by atoms with Crippen LogP contribution in [0.4, 0.5) is 16.4 Å². The molecular weight excluding hydrogens is 382 g/mol. The molecule has 3 aromatic rings. The minimum Gasteiger partial charge on any atom is -0.462 e. The molecule has 0 unspecified atom stereocenters. The number of nitrogens with one attached hydrogen (secondary N) is 1. The van der Waals surface area contributed by atoms with Crippen molar-refractivity contribution in [3.05, 3.63) is 54.1 Å². The predicted molar refractivity (Wildman–Crippen MR) is 116 cm³/mol. The first-order valence-corrected chi connectivity index (χ1v) is 10.1. The molecule has 0 atom stereocenters. The Morgan fingerprint density at radius 3 is 2.40 bits per heavy atom. The molecule has 8 nitrogen and oxygen atoms in total. The third-order valence-corrected chi connectivity index (χ3v) is 5.26. The number of urea groups is 1. The quantitative estimate of drug-likeness (QED) is 0.673. The van der Waals surface area contributed by atoms with Crippen LogP contribution in [0.5, 0.6) is 0 Å². The normalized spacial score (nSPS) is 14.1. The van der Waals surface area contributed by atoms with Gasteiger partial charge in [0.25, 0.3) is 0 Å². The number of hydrogen-bond donors (Lipinski definition) is 1. The van der Waals surface area contributed by atoms with Crippen LogP contribution in [0.1, 0.15) is 17.3 Å². The number of ether oxygens (including phenoxy) is 1. The summed E-state index contributed by atoms with van der Waals surface area (Å²) in [5.41, 5.74) is 3.18. The molecule has 0 spiro atoms. The second-order valence-electron chi connectivity index (χ2n) is 7.16. The molecule has 4 rings (SSSR count). The van der Waals surface area contributed by atoms with Gasteiger partial charge in [-0.05, 0) is 43.3 Å². The maximum atomic E-state index is 12.6. The van der Waals surface area contributed by atoms with Gasteiger partial charge in [0, 0.05) is 38.9 Å². The number of esters is 1. The second kappa shape index (κ2) is 8.44. The standard InChI is InChI=1S/C22H25N5O3/c1-3-30-20(28)16-8-10-17(11-9-16)23-22(29)27-14-12-26(13-15-27)21-24-18-6-4-5-7-19(18)25(21)2/h4-11H,3,12-15H2,1-2H3,(H,23,29). The monoisotopic (exact) mass is 407 g/mol. The van der Waals surface area contributed by atoms with E-state index in [0.29, 0.717) is 44.0 Å². The molecule has 1 N–H and O–H groups in total. The number of carbonyl (C=O) groups excluding carboxylic acids is 2. The fourth-order valence-corrected chi connectivity index (χ4v) is 3.63. The minimum absolute atomic E-state index is 0.150. The van der Waals surface area contributed by atoms with Gasteiger partial charge in [-0.25, -0.2) is 14.6 Å². The highest BCUT2D eigenvalue weighted by atomic mass is 16.5. The van der Waals surface area contributed by atoms with Crippen molar-refractivity contribution in [3.8, 4) is 0 Å². The third kappa shape index (κ3) is 3.94. The largest absolute Gasteiger partial charge is 0.462 e. The van der Waals surface area contributed by atoms with Crippen molar-refractivity contribution < 1.29 is 14.3 Å². The predicted octanol–water partition coefficient (Wildman–Crippen LogP) is 3.10. The molecule has 8 heteroatoms. The van der Waals surface area contributed by atoms with Crippen molar-refractivity contribution in [1.29, 1.82) is 0 Å². The Bertz CT molecular complexity index is 1050. The van der Waals surface area contributed by atoms with Crippen LogP contribution >= 0.6 is 0 Å². The van der Waals surface area contributed by atoms with Crippen molar-refractivity contribution in [2.45, 2.75) is 6.92 Å². The first-order valence-electron chi connectivity index (χ1n) is 10.1. The lowest BCUT2D eigenvalue weighted by molar-refractivity contribution is 0.0526. The topological polar surface area (TPSA) is 79.7 Å². The number of carbonyl (C=O) groups is 2. The van der Waals surface area contributed by atoms with Gasteiger partial charge in [0.05, 0.1) is 23.2 Å². The Balaban J connectivity index is 1.35. The van der Waals surface area contributed by atoms with Crippen molar-refractivity contribution in [1.82, 2.24) is 14.5 Å². The summed E-state index contributed by atoms with van der Waals surface area (Å²) in [6, 6.07) is 14.6. The van der Waals surface area contributed by atoms with Crippen molar-refractivity contribution in [2.75, 3.05) is 43.0 Å². The number of fused-ring (bicyclic) bond motifs is 1. The highest BCUT2D eigenvalue weighted by Crippen LogP contribution is 2.22. The molecule has 0 radical (unpaired) electrons. The molecule has 0 saturated carbocycles. The zero-order valence-electron chi connectivity index (χ0n) is 17.2. The van der Waals surface area contributed by atoms with E-state index in [0.717, 1.165) is 17.0 Å². The maximum Gasteiger partial charge on any atom is 0.338 e. The smallest absolute Gasteiger partial charge is 0.338 e. The molecule has 0 bridgehead atoms. The molecule has 30 heavy (non-hydrogen) atoms. The van der Waals surface area contributed by atoms with Gasteiger partial charge in [-0.1, -0.05) is 12.1 Å². The summed E-state index contributed by atoms with van der Waals surface area (Å²) < 4.78 is 7.07. The molecule has 1 saturated heterocycles. The van der Waals surface area contributed by atoms with Crippen LogP contribution in [0.3, 0.4) is 0 Å². The number of anilines is 2. The number of imidazole rings is 1. The molecule has 2 amide bonds. The lowest BCUT2D eigenvalue weighted by Crippen LogP contribution is -2.50. The van der Waals surface area contributed by atoms with Crippen molar-refractivity contribution in [3.63, 3.8) is 0 Å². The van der Waals surface area contributed by atoms with Crippen molar-refractivity contribution >= 4 is 34.7 Å². The van der Waals surface area contributed by atoms with Crippen LogP contribution in [0.2, 0.25) is 0 Å². The number of rotatable bonds is 4. The van der Waals surface area contributed by atoms with Gasteiger partial charge in [-0.2, -0.15) is 0 Å². The average Bonchev–Trinajstić information content (AvgIpc) is 3.11. The Labute approximate surface area is 175 Å². The number of aryl methyl sites for hydroxylation is 1. The van der Waals surface area contributed by atoms with Crippen LogP contribution in [0.15, 0.2) is 48.5 Å². The van der Waals surface area contributed by atoms with Crippen LogP contribution in [0, 0.1) is 0 Å². The van der Waals surface area contributed by atoms with E-state index in [1.54, 1.807) is 36.1 Å². The van der Waals surface area contributed by atoms with Gasteiger partial charge >= 0.3 is 12.0 Å². The Hall–Kier alpha value is -3.55. The zero-order valence-corrected chi connectivity index (χ0v) is 17.2. The molecule has 1 aliphatic rings. The zero-order chi connectivity index (χ0) is 21.1. The van der Waals surface area contributed by atoms with Gasteiger partial charge in [-0.3, -0.25) is 0 Å². The second-order valence-corrected chi connectivity index (χ2v) is 7.16. The van der Waals surface area contributed by atoms with E-state index < -0.39 is 0 Å². The van der Waals surface area contributed by atoms with Gasteiger partial charge in [-0.15, -0.1) is 0 Å². The van der Waals surface area contributed by atoms with E-state index in [2.05, 4.69) is 20.9 Å². The summed E-state index contributed by atoms with van der Waals surface area (Å²) in [7, 11) is 2.02. The number of nitrogens with zero attached hydrogens (tertiary/aromatic N) is 4. The molecule has 1 aliphatic heterocycles. The fraction of sp³-hybridized carbons (Fsp3) is 0.318. The van der Waals surface area contributed by atoms with E-state index in [1.165, 1.54) is 0 Å². The van der Waals surface area contributed by atoms with Crippen LogP contribution in [-0.2, 0) is 11.8 Å². The number of amides is 2. The Kier molecular flexibility index (Phi) is 5.56. The lowest BCUT2D eigenvalue weighted by atomic mass is 10.2. The van der Waals surface area contributed by atoms with Crippen LogP contribution in [0.25, 0.3) is 11.0 Å². The number of para-hydroxylation sites is 2. The highest BCUT2D eigenvalue weighted by Gasteiger charge is 2.24. The number of piperazine rings is 1. The average molecular weight is 407 g/mol.